The van der Waals surface area contributed by atoms with Crippen LogP contribution in [0.5, 0.6) is 5.75 Å². The van der Waals surface area contributed by atoms with Crippen LogP contribution < -0.4 is 4.74 Å². The first-order chi connectivity index (χ1) is 14.4. The molecular weight excluding hydrogens is 420 g/mol. The predicted molar refractivity (Wildman–Crippen MR) is 121 cm³/mol. The summed E-state index contributed by atoms with van der Waals surface area (Å²) in [6, 6.07) is 7.82. The van der Waals surface area contributed by atoms with Crippen molar-refractivity contribution in [2.24, 2.45) is 10.9 Å². The maximum absolute atomic E-state index is 12.5. The van der Waals surface area contributed by atoms with Crippen molar-refractivity contribution in [1.29, 1.82) is 0 Å². The summed E-state index contributed by atoms with van der Waals surface area (Å²) < 4.78 is 29.5. The van der Waals surface area contributed by atoms with Crippen LogP contribution in [-0.2, 0) is 21.1 Å². The van der Waals surface area contributed by atoms with E-state index in [4.69, 9.17) is 4.74 Å². The van der Waals surface area contributed by atoms with Gasteiger partial charge in [-0.3, -0.25) is 4.79 Å². The summed E-state index contributed by atoms with van der Waals surface area (Å²) in [4.78, 5) is 19.0. The largest absolute Gasteiger partial charge is 0.497 e. The van der Waals surface area contributed by atoms with Crippen molar-refractivity contribution in [2.75, 3.05) is 25.2 Å². The van der Waals surface area contributed by atoms with Crippen LogP contribution in [0, 0.1) is 5.92 Å². The van der Waals surface area contributed by atoms with Gasteiger partial charge in [-0.2, -0.15) is 4.99 Å². The van der Waals surface area contributed by atoms with Gasteiger partial charge in [-0.1, -0.05) is 49.6 Å². The van der Waals surface area contributed by atoms with Gasteiger partial charge in [0.2, 0.25) is 5.91 Å². The van der Waals surface area contributed by atoms with Crippen LogP contribution in [0.4, 0.5) is 0 Å². The molecule has 1 aromatic rings. The van der Waals surface area contributed by atoms with E-state index < -0.39 is 9.84 Å². The number of carbonyl (C=O) groups is 1. The standard InChI is InChI=1S/C22H30N2O4S2/c1-28-18-9-6-17(7-10-18)12-13-24-19-14-30(26,27)15-20(19)29-22(24)23-21(25)11-8-16-4-2-3-5-16/h6-7,9-10,16,19-20H,2-5,8,11-15H2,1H3. The molecule has 1 aromatic carbocycles. The van der Waals surface area contributed by atoms with Crippen LogP contribution in [0.25, 0.3) is 0 Å². The van der Waals surface area contributed by atoms with E-state index in [1.165, 1.54) is 37.4 Å². The molecule has 2 aliphatic heterocycles. The lowest BCUT2D eigenvalue weighted by Gasteiger charge is -2.24. The van der Waals surface area contributed by atoms with Gasteiger partial charge in [0.1, 0.15) is 5.75 Å². The van der Waals surface area contributed by atoms with E-state index in [2.05, 4.69) is 9.89 Å². The second kappa shape index (κ2) is 9.30. The summed E-state index contributed by atoms with van der Waals surface area (Å²) in [7, 11) is -1.38. The topological polar surface area (TPSA) is 76.0 Å². The number of thioether (sulfide) groups is 1. The Morgan fingerprint density at radius 1 is 1.20 bits per heavy atom. The predicted octanol–water partition coefficient (Wildman–Crippen LogP) is 3.31. The third-order valence-corrected chi connectivity index (χ3v) is 9.68. The molecular formula is C22H30N2O4S2. The van der Waals surface area contributed by atoms with Crippen molar-refractivity contribution in [3.05, 3.63) is 29.8 Å². The molecule has 4 rings (SSSR count). The van der Waals surface area contributed by atoms with E-state index in [1.807, 2.05) is 24.3 Å². The quantitative estimate of drug-likeness (QED) is 0.634. The van der Waals surface area contributed by atoms with Gasteiger partial charge in [0.15, 0.2) is 15.0 Å². The molecule has 3 aliphatic rings. The van der Waals surface area contributed by atoms with Gasteiger partial charge in [0, 0.05) is 18.2 Å². The van der Waals surface area contributed by atoms with Gasteiger partial charge < -0.3 is 9.64 Å². The molecule has 0 N–H and O–H groups in total. The number of hydrogen-bond donors (Lipinski definition) is 0. The average Bonchev–Trinajstić information content (AvgIpc) is 3.40. The minimum absolute atomic E-state index is 0.0211. The fourth-order valence-electron chi connectivity index (χ4n) is 4.73. The lowest BCUT2D eigenvalue weighted by molar-refractivity contribution is -0.118. The van der Waals surface area contributed by atoms with Crippen molar-refractivity contribution < 1.29 is 17.9 Å². The zero-order chi connectivity index (χ0) is 21.1. The first-order valence-corrected chi connectivity index (χ1v) is 13.5. The molecule has 0 spiro atoms. The molecule has 2 atom stereocenters. The summed E-state index contributed by atoms with van der Waals surface area (Å²) in [5.74, 6) is 1.74. The number of amides is 1. The van der Waals surface area contributed by atoms with Crippen molar-refractivity contribution >= 4 is 32.7 Å². The normalized spacial score (nSPS) is 27.0. The Bertz CT molecular complexity index is 892. The number of hydrogen-bond acceptors (Lipinski definition) is 5. The number of fused-ring (bicyclic) bond motifs is 1. The molecule has 2 heterocycles. The zero-order valence-electron chi connectivity index (χ0n) is 17.5. The molecule has 1 amide bonds. The zero-order valence-corrected chi connectivity index (χ0v) is 19.1. The summed E-state index contributed by atoms with van der Waals surface area (Å²) in [6.07, 6.45) is 7.20. The van der Waals surface area contributed by atoms with Crippen LogP contribution in [0.1, 0.15) is 44.1 Å². The van der Waals surface area contributed by atoms with E-state index >= 15 is 0 Å². The van der Waals surface area contributed by atoms with E-state index in [0.29, 0.717) is 24.1 Å². The summed E-state index contributed by atoms with van der Waals surface area (Å²) in [5.41, 5.74) is 1.15. The van der Waals surface area contributed by atoms with Gasteiger partial charge in [-0.05, 0) is 36.5 Å². The minimum atomic E-state index is -3.02. The van der Waals surface area contributed by atoms with Crippen molar-refractivity contribution in [3.63, 3.8) is 0 Å². The monoisotopic (exact) mass is 450 g/mol. The molecule has 6 nitrogen and oxygen atoms in total. The second-order valence-electron chi connectivity index (χ2n) is 8.57. The minimum Gasteiger partial charge on any atom is -0.497 e. The summed E-state index contributed by atoms with van der Waals surface area (Å²) in [6.45, 7) is 0.657. The van der Waals surface area contributed by atoms with Gasteiger partial charge in [0.25, 0.3) is 0 Å². The van der Waals surface area contributed by atoms with Crippen LogP contribution >= 0.6 is 11.8 Å². The molecule has 2 unspecified atom stereocenters. The highest BCUT2D eigenvalue weighted by atomic mass is 32.2. The smallest absolute Gasteiger partial charge is 0.248 e. The van der Waals surface area contributed by atoms with Gasteiger partial charge in [-0.25, -0.2) is 8.42 Å². The number of sulfone groups is 1. The van der Waals surface area contributed by atoms with Gasteiger partial charge in [-0.15, -0.1) is 0 Å². The molecule has 3 fully saturated rings. The number of rotatable bonds is 7. The van der Waals surface area contributed by atoms with Crippen LogP contribution in [0.2, 0.25) is 0 Å². The molecule has 0 radical (unpaired) electrons. The summed E-state index contributed by atoms with van der Waals surface area (Å²) >= 11 is 1.48. The van der Waals surface area contributed by atoms with E-state index in [-0.39, 0.29) is 28.7 Å². The second-order valence-corrected chi connectivity index (χ2v) is 11.9. The highest BCUT2D eigenvalue weighted by molar-refractivity contribution is 8.15. The average molecular weight is 451 g/mol. The van der Waals surface area contributed by atoms with E-state index in [9.17, 15) is 13.2 Å². The highest BCUT2D eigenvalue weighted by Gasteiger charge is 2.48. The number of nitrogens with zero attached hydrogens (tertiary/aromatic N) is 2. The van der Waals surface area contributed by atoms with E-state index in [0.717, 1.165) is 24.2 Å². The van der Waals surface area contributed by atoms with E-state index in [1.54, 1.807) is 7.11 Å². The molecule has 2 saturated heterocycles. The highest BCUT2D eigenvalue weighted by Crippen LogP contribution is 2.38. The number of amidine groups is 1. The fraction of sp³-hybridized carbons (Fsp3) is 0.636. The number of carbonyl (C=O) groups excluding carboxylic acids is 1. The van der Waals surface area contributed by atoms with Crippen molar-refractivity contribution in [2.45, 2.75) is 56.2 Å². The maximum atomic E-state index is 12.5. The Labute approximate surface area is 183 Å². The van der Waals surface area contributed by atoms with Crippen molar-refractivity contribution in [1.82, 2.24) is 4.90 Å². The first-order valence-electron chi connectivity index (χ1n) is 10.8. The summed E-state index contributed by atoms with van der Waals surface area (Å²) in [5, 5.41) is 0.692. The van der Waals surface area contributed by atoms with Crippen molar-refractivity contribution in [3.8, 4) is 5.75 Å². The number of ether oxygens (including phenoxy) is 1. The Kier molecular flexibility index (Phi) is 6.72. The molecule has 8 heteroatoms. The number of benzene rings is 1. The van der Waals surface area contributed by atoms with Crippen LogP contribution in [0.15, 0.2) is 29.3 Å². The molecule has 164 valence electrons. The lowest BCUT2D eigenvalue weighted by Crippen LogP contribution is -2.39. The lowest BCUT2D eigenvalue weighted by atomic mass is 10.0. The van der Waals surface area contributed by atoms with Crippen LogP contribution in [-0.4, -0.2) is 60.8 Å². The maximum Gasteiger partial charge on any atom is 0.248 e. The Morgan fingerprint density at radius 3 is 2.63 bits per heavy atom. The Morgan fingerprint density at radius 2 is 1.93 bits per heavy atom. The molecule has 0 bridgehead atoms. The Hall–Kier alpha value is -1.54. The third-order valence-electron chi connectivity index (χ3n) is 6.44. The molecule has 1 saturated carbocycles. The van der Waals surface area contributed by atoms with Crippen LogP contribution in [0.3, 0.4) is 0 Å². The number of methoxy groups -OCH3 is 1. The molecule has 30 heavy (non-hydrogen) atoms. The number of aliphatic imine (C=N–C) groups is 1. The molecule has 1 aliphatic carbocycles. The van der Waals surface area contributed by atoms with Gasteiger partial charge >= 0.3 is 0 Å². The first kappa shape index (κ1) is 21.7. The SMILES string of the molecule is COc1ccc(CCN2C(=NC(=O)CCC3CCCC3)SC3CS(=O)(=O)CC32)cc1. The van der Waals surface area contributed by atoms with Gasteiger partial charge in [0.05, 0.1) is 24.7 Å². The molecule has 0 aromatic heterocycles. The fourth-order valence-corrected chi connectivity index (χ4v) is 8.72. The Balaban J connectivity index is 1.43. The third kappa shape index (κ3) is 5.19.